The SMILES string of the molecule is Cc1ccc(CNCC(O)c2ccccc2F)cc1F. The zero-order valence-corrected chi connectivity index (χ0v) is 11.2. The van der Waals surface area contributed by atoms with Crippen molar-refractivity contribution in [1.29, 1.82) is 0 Å². The number of rotatable bonds is 5. The Morgan fingerprint density at radius 3 is 2.55 bits per heavy atom. The molecule has 2 aromatic carbocycles. The minimum Gasteiger partial charge on any atom is -0.387 e. The Morgan fingerprint density at radius 1 is 1.10 bits per heavy atom. The standard InChI is InChI=1S/C16H17F2NO/c1-11-6-7-12(8-15(11)18)9-19-10-16(20)13-4-2-3-5-14(13)17/h2-8,16,19-20H,9-10H2,1H3. The van der Waals surface area contributed by atoms with Crippen LogP contribution in [0, 0.1) is 18.6 Å². The van der Waals surface area contributed by atoms with Crippen LogP contribution in [0.3, 0.4) is 0 Å². The molecule has 0 aliphatic carbocycles. The van der Waals surface area contributed by atoms with Gasteiger partial charge in [-0.2, -0.15) is 0 Å². The normalized spacial score (nSPS) is 12.4. The molecule has 2 N–H and O–H groups in total. The first-order valence-corrected chi connectivity index (χ1v) is 6.46. The molecule has 20 heavy (non-hydrogen) atoms. The molecule has 106 valence electrons. The summed E-state index contributed by atoms with van der Waals surface area (Å²) in [4.78, 5) is 0. The average molecular weight is 277 g/mol. The summed E-state index contributed by atoms with van der Waals surface area (Å²) in [6.07, 6.45) is -0.925. The Hall–Kier alpha value is -1.78. The molecule has 2 aromatic rings. The first-order valence-electron chi connectivity index (χ1n) is 6.46. The molecule has 0 spiro atoms. The second kappa shape index (κ2) is 6.59. The smallest absolute Gasteiger partial charge is 0.129 e. The Labute approximate surface area is 117 Å². The lowest BCUT2D eigenvalue weighted by Gasteiger charge is -2.13. The van der Waals surface area contributed by atoms with Crippen molar-refractivity contribution in [3.8, 4) is 0 Å². The lowest BCUT2D eigenvalue weighted by molar-refractivity contribution is 0.169. The largest absolute Gasteiger partial charge is 0.387 e. The van der Waals surface area contributed by atoms with E-state index in [9.17, 15) is 13.9 Å². The summed E-state index contributed by atoms with van der Waals surface area (Å²) < 4.78 is 26.8. The highest BCUT2D eigenvalue weighted by molar-refractivity contribution is 5.23. The number of benzene rings is 2. The lowest BCUT2D eigenvalue weighted by atomic mass is 10.1. The highest BCUT2D eigenvalue weighted by Gasteiger charge is 2.11. The van der Waals surface area contributed by atoms with Gasteiger partial charge in [-0.1, -0.05) is 30.3 Å². The highest BCUT2D eigenvalue weighted by Crippen LogP contribution is 2.16. The van der Waals surface area contributed by atoms with Crippen LogP contribution in [-0.4, -0.2) is 11.7 Å². The maximum absolute atomic E-state index is 13.5. The molecule has 0 aliphatic heterocycles. The van der Waals surface area contributed by atoms with Crippen LogP contribution >= 0.6 is 0 Å². The van der Waals surface area contributed by atoms with Crippen LogP contribution < -0.4 is 5.32 Å². The van der Waals surface area contributed by atoms with E-state index >= 15 is 0 Å². The Balaban J connectivity index is 1.89. The zero-order chi connectivity index (χ0) is 14.5. The van der Waals surface area contributed by atoms with E-state index in [1.165, 1.54) is 12.1 Å². The fourth-order valence-corrected chi connectivity index (χ4v) is 1.95. The molecule has 0 aliphatic rings. The minimum absolute atomic E-state index is 0.205. The van der Waals surface area contributed by atoms with Crippen LogP contribution in [0.4, 0.5) is 8.78 Å². The molecule has 2 nitrogen and oxygen atoms in total. The summed E-state index contributed by atoms with van der Waals surface area (Å²) in [6.45, 7) is 2.33. The first-order chi connectivity index (χ1) is 9.58. The molecular formula is C16H17F2NO. The van der Waals surface area contributed by atoms with E-state index in [2.05, 4.69) is 5.32 Å². The highest BCUT2D eigenvalue weighted by atomic mass is 19.1. The van der Waals surface area contributed by atoms with Crippen LogP contribution in [-0.2, 0) is 6.54 Å². The molecule has 0 aromatic heterocycles. The quantitative estimate of drug-likeness (QED) is 0.880. The van der Waals surface area contributed by atoms with Crippen LogP contribution in [0.5, 0.6) is 0 Å². The van der Waals surface area contributed by atoms with Gasteiger partial charge in [-0.05, 0) is 30.2 Å². The van der Waals surface area contributed by atoms with Crippen molar-refractivity contribution < 1.29 is 13.9 Å². The minimum atomic E-state index is -0.925. The monoisotopic (exact) mass is 277 g/mol. The summed E-state index contributed by atoms with van der Waals surface area (Å²) in [5.74, 6) is -0.679. The summed E-state index contributed by atoms with van der Waals surface area (Å²) in [6, 6.07) is 11.1. The third kappa shape index (κ3) is 3.62. The van der Waals surface area contributed by atoms with Crippen molar-refractivity contribution in [3.63, 3.8) is 0 Å². The number of nitrogens with one attached hydrogen (secondary N) is 1. The van der Waals surface area contributed by atoms with Crippen molar-refractivity contribution in [2.45, 2.75) is 19.6 Å². The van der Waals surface area contributed by atoms with Crippen molar-refractivity contribution in [2.75, 3.05) is 6.54 Å². The fourth-order valence-electron chi connectivity index (χ4n) is 1.95. The number of halogens is 2. The van der Waals surface area contributed by atoms with Gasteiger partial charge in [0, 0.05) is 18.7 Å². The Bertz CT molecular complexity index is 586. The summed E-state index contributed by atoms with van der Waals surface area (Å²) >= 11 is 0. The molecule has 0 saturated carbocycles. The number of aliphatic hydroxyl groups excluding tert-OH is 1. The van der Waals surface area contributed by atoms with Crippen molar-refractivity contribution in [2.24, 2.45) is 0 Å². The molecule has 1 unspecified atom stereocenters. The molecule has 2 rings (SSSR count). The van der Waals surface area contributed by atoms with Gasteiger partial charge in [0.15, 0.2) is 0 Å². The predicted octanol–water partition coefficient (Wildman–Crippen LogP) is 3.10. The average Bonchev–Trinajstić information content (AvgIpc) is 2.43. The number of aliphatic hydroxyl groups is 1. The van der Waals surface area contributed by atoms with Gasteiger partial charge in [0.2, 0.25) is 0 Å². The number of hydrogen-bond acceptors (Lipinski definition) is 2. The molecule has 0 heterocycles. The van der Waals surface area contributed by atoms with Crippen LogP contribution in [0.2, 0.25) is 0 Å². The second-order valence-corrected chi connectivity index (χ2v) is 4.75. The van der Waals surface area contributed by atoms with Gasteiger partial charge < -0.3 is 10.4 Å². The van der Waals surface area contributed by atoms with Crippen LogP contribution in [0.25, 0.3) is 0 Å². The van der Waals surface area contributed by atoms with E-state index < -0.39 is 11.9 Å². The lowest BCUT2D eigenvalue weighted by Crippen LogP contribution is -2.21. The topological polar surface area (TPSA) is 32.3 Å². The number of aryl methyl sites for hydroxylation is 1. The van der Waals surface area contributed by atoms with E-state index in [-0.39, 0.29) is 17.9 Å². The van der Waals surface area contributed by atoms with E-state index in [1.807, 2.05) is 6.07 Å². The van der Waals surface area contributed by atoms with Gasteiger partial charge >= 0.3 is 0 Å². The molecule has 0 amide bonds. The first kappa shape index (κ1) is 14.6. The van der Waals surface area contributed by atoms with Gasteiger partial charge in [0.25, 0.3) is 0 Å². The van der Waals surface area contributed by atoms with Crippen LogP contribution in [0.1, 0.15) is 22.8 Å². The van der Waals surface area contributed by atoms with Gasteiger partial charge in [0.1, 0.15) is 11.6 Å². The van der Waals surface area contributed by atoms with E-state index in [0.717, 1.165) is 5.56 Å². The fraction of sp³-hybridized carbons (Fsp3) is 0.250. The van der Waals surface area contributed by atoms with Crippen LogP contribution in [0.15, 0.2) is 42.5 Å². The molecule has 1 atom stereocenters. The summed E-state index contributed by atoms with van der Waals surface area (Å²) in [7, 11) is 0. The van der Waals surface area contributed by atoms with Crippen molar-refractivity contribution in [3.05, 3.63) is 70.8 Å². The summed E-state index contributed by atoms with van der Waals surface area (Å²) in [5.41, 5.74) is 1.64. The van der Waals surface area contributed by atoms with Gasteiger partial charge in [-0.3, -0.25) is 0 Å². The Morgan fingerprint density at radius 2 is 1.85 bits per heavy atom. The molecule has 0 fully saturated rings. The van der Waals surface area contributed by atoms with Gasteiger partial charge in [-0.15, -0.1) is 0 Å². The van der Waals surface area contributed by atoms with E-state index in [4.69, 9.17) is 0 Å². The third-order valence-electron chi connectivity index (χ3n) is 3.17. The molecule has 0 radical (unpaired) electrons. The van der Waals surface area contributed by atoms with Gasteiger partial charge in [0.05, 0.1) is 6.10 Å². The summed E-state index contributed by atoms with van der Waals surface area (Å²) in [5, 5.41) is 12.9. The third-order valence-corrected chi connectivity index (χ3v) is 3.17. The predicted molar refractivity (Wildman–Crippen MR) is 74.2 cm³/mol. The second-order valence-electron chi connectivity index (χ2n) is 4.75. The molecular weight excluding hydrogens is 260 g/mol. The van der Waals surface area contributed by atoms with Gasteiger partial charge in [-0.25, -0.2) is 8.78 Å². The van der Waals surface area contributed by atoms with E-state index in [1.54, 1.807) is 31.2 Å². The zero-order valence-electron chi connectivity index (χ0n) is 11.2. The maximum atomic E-state index is 13.5. The molecule has 0 bridgehead atoms. The Kier molecular flexibility index (Phi) is 4.82. The van der Waals surface area contributed by atoms with Crippen molar-refractivity contribution >= 4 is 0 Å². The molecule has 4 heteroatoms. The number of hydrogen-bond donors (Lipinski definition) is 2. The molecule has 0 saturated heterocycles. The maximum Gasteiger partial charge on any atom is 0.129 e. The van der Waals surface area contributed by atoms with Crippen molar-refractivity contribution in [1.82, 2.24) is 5.32 Å². The van der Waals surface area contributed by atoms with E-state index in [0.29, 0.717) is 12.1 Å².